The maximum absolute atomic E-state index is 11.9. The van der Waals surface area contributed by atoms with E-state index in [0.717, 1.165) is 17.2 Å². The maximum atomic E-state index is 11.9. The molecule has 0 amide bonds. The molecule has 0 saturated heterocycles. The zero-order valence-corrected chi connectivity index (χ0v) is 18.1. The lowest BCUT2D eigenvalue weighted by Gasteiger charge is -2.14. The number of aliphatic hydroxyl groups is 1. The van der Waals surface area contributed by atoms with Gasteiger partial charge in [0.1, 0.15) is 23.3 Å². The molecule has 6 nitrogen and oxygen atoms in total. The van der Waals surface area contributed by atoms with Crippen LogP contribution in [0.3, 0.4) is 0 Å². The van der Waals surface area contributed by atoms with E-state index >= 15 is 0 Å². The number of phenols is 1. The van der Waals surface area contributed by atoms with Crippen LogP contribution < -0.4 is 10.5 Å². The van der Waals surface area contributed by atoms with Gasteiger partial charge in [-0.3, -0.25) is 4.79 Å². The zero-order chi connectivity index (χ0) is 22.1. The number of allylic oxidation sites excluding steroid dienone is 3. The number of benzene rings is 2. The average molecular weight is 444 g/mol. The van der Waals surface area contributed by atoms with Gasteiger partial charge in [-0.25, -0.2) is 4.79 Å². The summed E-state index contributed by atoms with van der Waals surface area (Å²) in [4.78, 5) is 23.8. The first-order valence-corrected chi connectivity index (χ1v) is 9.42. The van der Waals surface area contributed by atoms with Gasteiger partial charge >= 0.3 is 5.97 Å². The average Bonchev–Trinajstić information content (AvgIpc) is 2.72. The molecule has 2 rings (SSSR count). The number of esters is 1. The molecule has 2 aromatic carbocycles. The molecule has 0 aliphatic carbocycles. The normalized spacial score (nSPS) is 12.7. The zero-order valence-electron chi connectivity index (χ0n) is 17.3. The van der Waals surface area contributed by atoms with Gasteiger partial charge in [-0.15, -0.1) is 12.4 Å². The van der Waals surface area contributed by atoms with E-state index < -0.39 is 12.0 Å². The number of hydrogen-bond acceptors (Lipinski definition) is 6. The standard InChI is InChI=1S/C24H25NO5.ClH/c1-16(2)23(25)24(29)30-22-13-7-18(8-14-22)6-12-21(28)15-20(27)11-5-17-3-9-19(26)10-4-17;/h3-16,23,26,28H,25H2,1-2H3;1H/b11-5+,12-6+,21-15-;. The second-order valence-corrected chi connectivity index (χ2v) is 6.99. The van der Waals surface area contributed by atoms with E-state index in [2.05, 4.69) is 0 Å². The van der Waals surface area contributed by atoms with Gasteiger partial charge in [0.05, 0.1) is 0 Å². The molecule has 0 saturated carbocycles. The number of ether oxygens (including phenoxy) is 1. The monoisotopic (exact) mass is 443 g/mol. The third-order valence-corrected chi connectivity index (χ3v) is 4.16. The predicted molar refractivity (Wildman–Crippen MR) is 124 cm³/mol. The number of carbonyl (C=O) groups is 2. The van der Waals surface area contributed by atoms with Crippen LogP contribution in [-0.2, 0) is 9.59 Å². The van der Waals surface area contributed by atoms with E-state index in [4.69, 9.17) is 10.5 Å². The maximum Gasteiger partial charge on any atom is 0.328 e. The van der Waals surface area contributed by atoms with Crippen LogP contribution in [0.5, 0.6) is 11.5 Å². The Hall–Kier alpha value is -3.35. The summed E-state index contributed by atoms with van der Waals surface area (Å²) >= 11 is 0. The number of hydrogen-bond donors (Lipinski definition) is 3. The van der Waals surface area contributed by atoms with Crippen molar-refractivity contribution in [3.63, 3.8) is 0 Å². The predicted octanol–water partition coefficient (Wildman–Crippen LogP) is 4.44. The van der Waals surface area contributed by atoms with Crippen molar-refractivity contribution in [1.29, 1.82) is 0 Å². The minimum absolute atomic E-state index is 0. The Balaban J connectivity index is 0.00000480. The van der Waals surface area contributed by atoms with Crippen LogP contribution in [0.1, 0.15) is 25.0 Å². The van der Waals surface area contributed by atoms with Crippen LogP contribution in [0.4, 0.5) is 0 Å². The third kappa shape index (κ3) is 8.90. The number of rotatable bonds is 8. The molecule has 0 aliphatic rings. The number of carbonyl (C=O) groups excluding carboxylic acids is 2. The molecule has 0 bridgehead atoms. The molecule has 7 heteroatoms. The second kappa shape index (κ2) is 12.4. The summed E-state index contributed by atoms with van der Waals surface area (Å²) in [6.45, 7) is 3.68. The van der Waals surface area contributed by atoms with Crippen molar-refractivity contribution in [2.75, 3.05) is 0 Å². The van der Waals surface area contributed by atoms with E-state index in [-0.39, 0.29) is 35.6 Å². The molecule has 0 radical (unpaired) electrons. The van der Waals surface area contributed by atoms with Crippen LogP contribution in [0.2, 0.25) is 0 Å². The van der Waals surface area contributed by atoms with Crippen LogP contribution in [-0.4, -0.2) is 28.0 Å². The Morgan fingerprint density at radius 1 is 0.935 bits per heavy atom. The van der Waals surface area contributed by atoms with E-state index in [1.165, 1.54) is 24.3 Å². The molecule has 2 aromatic rings. The topological polar surface area (TPSA) is 110 Å². The molecular formula is C24H26ClNO5. The molecule has 1 atom stereocenters. The van der Waals surface area contributed by atoms with Crippen molar-refractivity contribution < 1.29 is 24.5 Å². The van der Waals surface area contributed by atoms with Crippen LogP contribution in [0, 0.1) is 5.92 Å². The fraction of sp³-hybridized carbons (Fsp3) is 0.167. The second-order valence-electron chi connectivity index (χ2n) is 6.99. The number of nitrogens with two attached hydrogens (primary N) is 1. The highest BCUT2D eigenvalue weighted by molar-refractivity contribution is 6.02. The number of aromatic hydroxyl groups is 1. The highest BCUT2D eigenvalue weighted by Gasteiger charge is 2.19. The van der Waals surface area contributed by atoms with Gasteiger partial charge in [-0.1, -0.05) is 50.3 Å². The summed E-state index contributed by atoms with van der Waals surface area (Å²) in [5, 5.41) is 19.1. The quantitative estimate of drug-likeness (QED) is 0.183. The smallest absolute Gasteiger partial charge is 0.328 e. The van der Waals surface area contributed by atoms with E-state index in [1.54, 1.807) is 48.6 Å². The Labute approximate surface area is 187 Å². The van der Waals surface area contributed by atoms with Crippen LogP contribution >= 0.6 is 12.4 Å². The van der Waals surface area contributed by atoms with E-state index in [0.29, 0.717) is 5.75 Å². The van der Waals surface area contributed by atoms with Crippen molar-refractivity contribution >= 4 is 36.3 Å². The molecule has 0 aliphatic heterocycles. The van der Waals surface area contributed by atoms with Gasteiger partial charge in [-0.05, 0) is 53.5 Å². The van der Waals surface area contributed by atoms with Gasteiger partial charge in [0.2, 0.25) is 0 Å². The minimum atomic E-state index is -0.688. The third-order valence-electron chi connectivity index (χ3n) is 4.16. The highest BCUT2D eigenvalue weighted by Crippen LogP contribution is 2.15. The Morgan fingerprint density at radius 3 is 2.00 bits per heavy atom. The largest absolute Gasteiger partial charge is 0.508 e. The molecule has 0 aromatic heterocycles. The Bertz CT molecular complexity index is 960. The minimum Gasteiger partial charge on any atom is -0.508 e. The van der Waals surface area contributed by atoms with Gasteiger partial charge in [-0.2, -0.15) is 0 Å². The summed E-state index contributed by atoms with van der Waals surface area (Å²) in [6.07, 6.45) is 7.01. The van der Waals surface area contributed by atoms with Crippen molar-refractivity contribution in [1.82, 2.24) is 0 Å². The van der Waals surface area contributed by atoms with Gasteiger partial charge in [0.15, 0.2) is 5.78 Å². The molecule has 0 spiro atoms. The summed E-state index contributed by atoms with van der Waals surface area (Å²) in [6, 6.07) is 12.3. The number of halogens is 1. The number of ketones is 1. The number of phenolic OH excluding ortho intramolecular Hbond substituents is 1. The van der Waals surface area contributed by atoms with Gasteiger partial charge in [0, 0.05) is 6.08 Å². The number of aliphatic hydroxyl groups excluding tert-OH is 1. The highest BCUT2D eigenvalue weighted by atomic mass is 35.5. The first-order valence-electron chi connectivity index (χ1n) is 9.42. The molecule has 164 valence electrons. The molecule has 31 heavy (non-hydrogen) atoms. The lowest BCUT2D eigenvalue weighted by Crippen LogP contribution is -2.38. The van der Waals surface area contributed by atoms with Crippen molar-refractivity contribution in [3.8, 4) is 11.5 Å². The van der Waals surface area contributed by atoms with Crippen molar-refractivity contribution in [2.45, 2.75) is 19.9 Å². The fourth-order valence-electron chi connectivity index (χ4n) is 2.29. The van der Waals surface area contributed by atoms with E-state index in [9.17, 15) is 19.8 Å². The van der Waals surface area contributed by atoms with Crippen molar-refractivity contribution in [3.05, 3.63) is 83.6 Å². The molecule has 0 fully saturated rings. The molecule has 4 N–H and O–H groups in total. The first kappa shape index (κ1) is 25.7. The van der Waals surface area contributed by atoms with Crippen LogP contribution in [0.25, 0.3) is 12.2 Å². The van der Waals surface area contributed by atoms with E-state index in [1.807, 2.05) is 13.8 Å². The summed E-state index contributed by atoms with van der Waals surface area (Å²) in [5.41, 5.74) is 7.25. The molecule has 0 heterocycles. The molecular weight excluding hydrogens is 418 g/mol. The molecule has 1 unspecified atom stereocenters. The Morgan fingerprint density at radius 2 is 1.45 bits per heavy atom. The summed E-state index contributed by atoms with van der Waals surface area (Å²) < 4.78 is 5.23. The summed E-state index contributed by atoms with van der Waals surface area (Å²) in [7, 11) is 0. The van der Waals surface area contributed by atoms with Crippen LogP contribution in [0.15, 0.2) is 72.5 Å². The first-order chi connectivity index (χ1) is 14.2. The lowest BCUT2D eigenvalue weighted by atomic mass is 10.1. The van der Waals surface area contributed by atoms with Crippen molar-refractivity contribution in [2.24, 2.45) is 11.7 Å². The fourth-order valence-corrected chi connectivity index (χ4v) is 2.29. The SMILES string of the molecule is CC(C)C(N)C(=O)Oc1ccc(/C=C/C(O)=C/C(=O)/C=C/c2ccc(O)cc2)cc1.Cl. The van der Waals surface area contributed by atoms with Gasteiger partial charge in [0.25, 0.3) is 0 Å². The Kier molecular flexibility index (Phi) is 10.2. The summed E-state index contributed by atoms with van der Waals surface area (Å²) in [5.74, 6) is -0.572. The van der Waals surface area contributed by atoms with Gasteiger partial charge < -0.3 is 20.7 Å². The lowest BCUT2D eigenvalue weighted by molar-refractivity contribution is -0.136.